The molecule has 0 saturated carbocycles. The van der Waals surface area contributed by atoms with Crippen LogP contribution in [0.4, 0.5) is 4.39 Å². The summed E-state index contributed by atoms with van der Waals surface area (Å²) in [7, 11) is 2.98. The minimum atomic E-state index is -0.925. The summed E-state index contributed by atoms with van der Waals surface area (Å²) < 4.78 is 18.2. The maximum Gasteiger partial charge on any atom is 0.322 e. The number of carboxylic acid groups (broad SMARTS) is 1. The van der Waals surface area contributed by atoms with Gasteiger partial charge in [-0.05, 0) is 24.7 Å². The third-order valence-electron chi connectivity index (χ3n) is 2.54. The van der Waals surface area contributed by atoms with Gasteiger partial charge in [0.05, 0.1) is 7.11 Å². The van der Waals surface area contributed by atoms with Gasteiger partial charge in [-0.25, -0.2) is 4.39 Å². The SMILES string of the molecule is CNC(CNCc1ccc(OC)c(F)c1)C(=O)O. The Balaban J connectivity index is 2.49. The van der Waals surface area contributed by atoms with Crippen LogP contribution in [0.5, 0.6) is 5.75 Å². The molecule has 0 spiro atoms. The molecule has 0 saturated heterocycles. The first kappa shape index (κ1) is 14.4. The fourth-order valence-electron chi connectivity index (χ4n) is 1.49. The van der Waals surface area contributed by atoms with E-state index in [4.69, 9.17) is 9.84 Å². The second-order valence-electron chi connectivity index (χ2n) is 3.78. The molecular weight excluding hydrogens is 239 g/mol. The topological polar surface area (TPSA) is 70.6 Å². The van der Waals surface area contributed by atoms with Gasteiger partial charge in [0.1, 0.15) is 6.04 Å². The smallest absolute Gasteiger partial charge is 0.322 e. The predicted octanol–water partition coefficient (Wildman–Crippen LogP) is 0.596. The van der Waals surface area contributed by atoms with E-state index in [1.54, 1.807) is 19.2 Å². The molecule has 1 atom stereocenters. The fraction of sp³-hybridized carbons (Fsp3) is 0.417. The van der Waals surface area contributed by atoms with Crippen molar-refractivity contribution in [2.75, 3.05) is 20.7 Å². The number of carbonyl (C=O) groups is 1. The summed E-state index contributed by atoms with van der Waals surface area (Å²) in [6.45, 7) is 0.659. The Labute approximate surface area is 105 Å². The third-order valence-corrected chi connectivity index (χ3v) is 2.54. The summed E-state index contributed by atoms with van der Waals surface area (Å²) >= 11 is 0. The maximum atomic E-state index is 13.4. The van der Waals surface area contributed by atoms with Crippen LogP contribution in [0, 0.1) is 5.82 Å². The van der Waals surface area contributed by atoms with E-state index in [0.29, 0.717) is 6.54 Å². The van der Waals surface area contributed by atoms with Crippen molar-refractivity contribution in [2.24, 2.45) is 0 Å². The Hall–Kier alpha value is -1.66. The van der Waals surface area contributed by atoms with E-state index in [2.05, 4.69) is 10.6 Å². The Morgan fingerprint density at radius 1 is 1.56 bits per heavy atom. The third kappa shape index (κ3) is 3.97. The standard InChI is InChI=1S/C12H17FN2O3/c1-14-10(12(16)17)7-15-6-8-3-4-11(18-2)9(13)5-8/h3-5,10,14-15H,6-7H2,1-2H3,(H,16,17). The molecule has 0 fully saturated rings. The molecular formula is C12H17FN2O3. The number of hydrogen-bond acceptors (Lipinski definition) is 4. The highest BCUT2D eigenvalue weighted by atomic mass is 19.1. The number of nitrogens with one attached hydrogen (secondary N) is 2. The van der Waals surface area contributed by atoms with Crippen molar-refractivity contribution in [1.29, 1.82) is 0 Å². The number of aliphatic carboxylic acids is 1. The van der Waals surface area contributed by atoms with Crippen molar-refractivity contribution in [3.05, 3.63) is 29.6 Å². The van der Waals surface area contributed by atoms with Gasteiger partial charge in [-0.2, -0.15) is 0 Å². The van der Waals surface area contributed by atoms with Crippen LogP contribution in [0.1, 0.15) is 5.56 Å². The number of rotatable bonds is 7. The molecule has 0 aliphatic carbocycles. The number of likely N-dealkylation sites (N-methyl/N-ethyl adjacent to an activating group) is 1. The second kappa shape index (κ2) is 6.93. The Kier molecular flexibility index (Phi) is 5.54. The van der Waals surface area contributed by atoms with Crippen molar-refractivity contribution in [3.63, 3.8) is 0 Å². The maximum absolute atomic E-state index is 13.4. The van der Waals surface area contributed by atoms with Gasteiger partial charge in [0, 0.05) is 13.1 Å². The number of ether oxygens (including phenoxy) is 1. The Bertz CT molecular complexity index is 412. The normalized spacial score (nSPS) is 12.2. The van der Waals surface area contributed by atoms with Crippen LogP contribution < -0.4 is 15.4 Å². The van der Waals surface area contributed by atoms with Gasteiger partial charge in [0.15, 0.2) is 11.6 Å². The molecule has 18 heavy (non-hydrogen) atoms. The molecule has 5 nitrogen and oxygen atoms in total. The highest BCUT2D eigenvalue weighted by Crippen LogP contribution is 2.17. The van der Waals surface area contributed by atoms with Gasteiger partial charge >= 0.3 is 5.97 Å². The van der Waals surface area contributed by atoms with Crippen LogP contribution in [-0.4, -0.2) is 37.8 Å². The van der Waals surface area contributed by atoms with Crippen LogP contribution in [0.15, 0.2) is 18.2 Å². The number of hydrogen-bond donors (Lipinski definition) is 3. The van der Waals surface area contributed by atoms with Gasteiger partial charge in [-0.15, -0.1) is 0 Å². The summed E-state index contributed by atoms with van der Waals surface area (Å²) in [5, 5.41) is 14.4. The van der Waals surface area contributed by atoms with Crippen LogP contribution in [-0.2, 0) is 11.3 Å². The van der Waals surface area contributed by atoms with E-state index in [-0.39, 0.29) is 12.3 Å². The zero-order valence-electron chi connectivity index (χ0n) is 10.4. The van der Waals surface area contributed by atoms with Crippen LogP contribution in [0.3, 0.4) is 0 Å². The molecule has 0 aliphatic rings. The number of methoxy groups -OCH3 is 1. The molecule has 100 valence electrons. The first-order valence-corrected chi connectivity index (χ1v) is 5.51. The van der Waals surface area contributed by atoms with E-state index in [0.717, 1.165) is 5.56 Å². The van der Waals surface area contributed by atoms with E-state index < -0.39 is 17.8 Å². The van der Waals surface area contributed by atoms with E-state index in [9.17, 15) is 9.18 Å². The van der Waals surface area contributed by atoms with E-state index in [1.165, 1.54) is 13.2 Å². The molecule has 0 heterocycles. The molecule has 0 bridgehead atoms. The Morgan fingerprint density at radius 2 is 2.28 bits per heavy atom. The van der Waals surface area contributed by atoms with Gasteiger partial charge < -0.3 is 20.5 Å². The van der Waals surface area contributed by atoms with Crippen molar-refractivity contribution < 1.29 is 19.0 Å². The van der Waals surface area contributed by atoms with Crippen LogP contribution >= 0.6 is 0 Å². The lowest BCUT2D eigenvalue weighted by atomic mass is 10.2. The highest BCUT2D eigenvalue weighted by molar-refractivity contribution is 5.73. The molecule has 0 radical (unpaired) electrons. The second-order valence-corrected chi connectivity index (χ2v) is 3.78. The van der Waals surface area contributed by atoms with Crippen LogP contribution in [0.2, 0.25) is 0 Å². The summed E-state index contributed by atoms with van der Waals surface area (Å²) in [6.07, 6.45) is 0. The zero-order valence-corrected chi connectivity index (χ0v) is 10.4. The van der Waals surface area contributed by atoms with E-state index >= 15 is 0 Å². The molecule has 0 amide bonds. The first-order valence-electron chi connectivity index (χ1n) is 5.51. The average Bonchev–Trinajstić information content (AvgIpc) is 2.34. The number of carboxylic acids is 1. The number of halogens is 1. The molecule has 1 rings (SSSR count). The zero-order chi connectivity index (χ0) is 13.5. The summed E-state index contributed by atoms with van der Waals surface area (Å²) in [4.78, 5) is 10.7. The monoisotopic (exact) mass is 256 g/mol. The Morgan fingerprint density at radius 3 is 2.78 bits per heavy atom. The van der Waals surface area contributed by atoms with Crippen molar-refractivity contribution in [2.45, 2.75) is 12.6 Å². The molecule has 1 unspecified atom stereocenters. The minimum Gasteiger partial charge on any atom is -0.494 e. The van der Waals surface area contributed by atoms with Crippen LogP contribution in [0.25, 0.3) is 0 Å². The van der Waals surface area contributed by atoms with Crippen molar-refractivity contribution >= 4 is 5.97 Å². The van der Waals surface area contributed by atoms with Crippen molar-refractivity contribution in [3.8, 4) is 5.75 Å². The molecule has 3 N–H and O–H groups in total. The largest absolute Gasteiger partial charge is 0.494 e. The van der Waals surface area contributed by atoms with Gasteiger partial charge in [0.25, 0.3) is 0 Å². The highest BCUT2D eigenvalue weighted by Gasteiger charge is 2.13. The summed E-state index contributed by atoms with van der Waals surface area (Å²) in [6, 6.07) is 3.97. The first-order chi connectivity index (χ1) is 8.58. The fourth-order valence-corrected chi connectivity index (χ4v) is 1.49. The summed E-state index contributed by atoms with van der Waals surface area (Å²) in [5.74, 6) is -1.16. The van der Waals surface area contributed by atoms with Crippen molar-refractivity contribution in [1.82, 2.24) is 10.6 Å². The lowest BCUT2D eigenvalue weighted by Crippen LogP contribution is -2.42. The van der Waals surface area contributed by atoms with Gasteiger partial charge in [0.2, 0.25) is 0 Å². The molecule has 6 heteroatoms. The lowest BCUT2D eigenvalue weighted by Gasteiger charge is -2.12. The summed E-state index contributed by atoms with van der Waals surface area (Å²) in [5.41, 5.74) is 0.730. The van der Waals surface area contributed by atoms with E-state index in [1.807, 2.05) is 0 Å². The molecule has 1 aromatic rings. The molecule has 0 aliphatic heterocycles. The average molecular weight is 256 g/mol. The lowest BCUT2D eigenvalue weighted by molar-refractivity contribution is -0.139. The van der Waals surface area contributed by atoms with Gasteiger partial charge in [-0.3, -0.25) is 4.79 Å². The quantitative estimate of drug-likeness (QED) is 0.666. The molecule has 0 aromatic heterocycles. The molecule has 1 aromatic carbocycles. The van der Waals surface area contributed by atoms with Gasteiger partial charge in [-0.1, -0.05) is 6.07 Å². The minimum absolute atomic E-state index is 0.192. The predicted molar refractivity (Wildman–Crippen MR) is 65.1 cm³/mol. The number of benzene rings is 1.